The number of primary amides is 1. The van der Waals surface area contributed by atoms with Gasteiger partial charge in [0, 0.05) is 31.1 Å². The molecule has 0 spiro atoms. The third-order valence-corrected chi connectivity index (χ3v) is 4.21. The molecule has 0 aromatic heterocycles. The zero-order valence-corrected chi connectivity index (χ0v) is 12.6. The molecule has 2 N–H and O–H groups in total. The Balaban J connectivity index is 2.12. The number of nitro groups is 1. The molecule has 0 radical (unpaired) electrons. The monoisotopic (exact) mass is 311 g/mol. The molecule has 6 nitrogen and oxygen atoms in total. The first-order chi connectivity index (χ1) is 9.88. The minimum absolute atomic E-state index is 0.0346. The van der Waals surface area contributed by atoms with Crippen molar-refractivity contribution < 1.29 is 9.72 Å². The molecule has 114 valence electrons. The van der Waals surface area contributed by atoms with Crippen molar-refractivity contribution in [3.05, 3.63) is 32.8 Å². The van der Waals surface area contributed by atoms with Crippen LogP contribution in [-0.4, -0.2) is 23.9 Å². The summed E-state index contributed by atoms with van der Waals surface area (Å²) in [6.45, 7) is 3.25. The highest BCUT2D eigenvalue weighted by Gasteiger charge is 2.24. The Morgan fingerprint density at radius 1 is 1.48 bits per heavy atom. The van der Waals surface area contributed by atoms with Crippen LogP contribution in [0.25, 0.3) is 0 Å². The number of rotatable bonds is 4. The van der Waals surface area contributed by atoms with Crippen LogP contribution in [0.2, 0.25) is 5.02 Å². The average Bonchev–Trinajstić information content (AvgIpc) is 2.41. The number of anilines is 1. The van der Waals surface area contributed by atoms with E-state index in [4.69, 9.17) is 17.3 Å². The number of amides is 1. The van der Waals surface area contributed by atoms with Gasteiger partial charge in [0.25, 0.3) is 5.69 Å². The molecule has 1 aromatic rings. The van der Waals surface area contributed by atoms with Crippen molar-refractivity contribution in [2.45, 2.75) is 26.2 Å². The van der Waals surface area contributed by atoms with Gasteiger partial charge in [-0.15, -0.1) is 0 Å². The summed E-state index contributed by atoms with van der Waals surface area (Å²) in [5.41, 5.74) is 6.67. The molecule has 0 bridgehead atoms. The first kappa shape index (κ1) is 15.6. The average molecular weight is 312 g/mol. The van der Waals surface area contributed by atoms with Crippen molar-refractivity contribution in [1.82, 2.24) is 0 Å². The van der Waals surface area contributed by atoms with Crippen LogP contribution in [0.4, 0.5) is 11.4 Å². The number of halogens is 1. The fourth-order valence-corrected chi connectivity index (χ4v) is 3.03. The maximum atomic E-state index is 10.9. The van der Waals surface area contributed by atoms with E-state index in [1.54, 1.807) is 13.0 Å². The maximum absolute atomic E-state index is 10.9. The summed E-state index contributed by atoms with van der Waals surface area (Å²) in [6.07, 6.45) is 2.16. The summed E-state index contributed by atoms with van der Waals surface area (Å²) < 4.78 is 0. The summed E-state index contributed by atoms with van der Waals surface area (Å²) in [6, 6.07) is 3.16. The molecule has 21 heavy (non-hydrogen) atoms. The van der Waals surface area contributed by atoms with Crippen molar-refractivity contribution in [2.24, 2.45) is 11.7 Å². The van der Waals surface area contributed by atoms with Gasteiger partial charge in [-0.3, -0.25) is 14.9 Å². The van der Waals surface area contributed by atoms with Gasteiger partial charge in [-0.05, 0) is 31.7 Å². The maximum Gasteiger partial charge on any atom is 0.273 e. The van der Waals surface area contributed by atoms with Crippen molar-refractivity contribution in [2.75, 3.05) is 18.0 Å². The van der Waals surface area contributed by atoms with Crippen LogP contribution in [-0.2, 0) is 4.79 Å². The third kappa shape index (κ3) is 3.64. The SMILES string of the molecule is Cc1cc(N2CCC(CC(N)=O)CC2)c(Cl)cc1[N+](=O)[O-]. The number of aryl methyl sites for hydroxylation is 1. The summed E-state index contributed by atoms with van der Waals surface area (Å²) in [5.74, 6) is 0.0503. The molecule has 1 aliphatic rings. The van der Waals surface area contributed by atoms with Gasteiger partial charge >= 0.3 is 0 Å². The lowest BCUT2D eigenvalue weighted by Crippen LogP contribution is -2.35. The number of carbonyl (C=O) groups is 1. The number of nitro benzene ring substituents is 1. The first-order valence-electron chi connectivity index (χ1n) is 6.86. The smallest absolute Gasteiger partial charge is 0.273 e. The molecule has 1 saturated heterocycles. The quantitative estimate of drug-likeness (QED) is 0.683. The van der Waals surface area contributed by atoms with Gasteiger partial charge in [-0.1, -0.05) is 11.6 Å². The molecule has 0 atom stereocenters. The minimum atomic E-state index is -0.427. The van der Waals surface area contributed by atoms with Gasteiger partial charge in [0.15, 0.2) is 0 Å². The van der Waals surface area contributed by atoms with Gasteiger partial charge in [-0.25, -0.2) is 0 Å². The Hall–Kier alpha value is -1.82. The molecule has 0 unspecified atom stereocenters. The van der Waals surface area contributed by atoms with Crippen LogP contribution in [0.3, 0.4) is 0 Å². The van der Waals surface area contributed by atoms with E-state index in [-0.39, 0.29) is 11.6 Å². The zero-order chi connectivity index (χ0) is 15.6. The van der Waals surface area contributed by atoms with E-state index in [0.717, 1.165) is 31.6 Å². The number of hydrogen-bond acceptors (Lipinski definition) is 4. The second-order valence-corrected chi connectivity index (χ2v) is 5.86. The Kier molecular flexibility index (Phi) is 4.67. The van der Waals surface area contributed by atoms with Crippen LogP contribution in [0, 0.1) is 23.0 Å². The number of nitrogens with two attached hydrogens (primary N) is 1. The van der Waals surface area contributed by atoms with E-state index in [1.807, 2.05) is 0 Å². The topological polar surface area (TPSA) is 89.5 Å². The lowest BCUT2D eigenvalue weighted by atomic mass is 9.93. The van der Waals surface area contributed by atoms with E-state index < -0.39 is 4.92 Å². The lowest BCUT2D eigenvalue weighted by Gasteiger charge is -2.33. The van der Waals surface area contributed by atoms with Crippen LogP contribution >= 0.6 is 11.6 Å². The van der Waals surface area contributed by atoms with E-state index >= 15 is 0 Å². The van der Waals surface area contributed by atoms with Crippen LogP contribution in [0.5, 0.6) is 0 Å². The highest BCUT2D eigenvalue weighted by molar-refractivity contribution is 6.33. The fourth-order valence-electron chi connectivity index (χ4n) is 2.76. The number of hydrogen-bond donors (Lipinski definition) is 1. The van der Waals surface area contributed by atoms with Crippen molar-refractivity contribution in [3.63, 3.8) is 0 Å². The zero-order valence-electron chi connectivity index (χ0n) is 11.8. The molecule has 1 aromatic carbocycles. The molecule has 1 fully saturated rings. The molecule has 0 saturated carbocycles. The second-order valence-electron chi connectivity index (χ2n) is 5.45. The third-order valence-electron chi connectivity index (χ3n) is 3.91. The predicted molar refractivity (Wildman–Crippen MR) is 81.6 cm³/mol. The molecule has 2 rings (SSSR count). The standard InChI is InChI=1S/C14H18ClN3O3/c1-9-6-13(11(15)8-12(9)18(20)21)17-4-2-10(3-5-17)7-14(16)19/h6,8,10H,2-5,7H2,1H3,(H2,16,19). The highest BCUT2D eigenvalue weighted by Crippen LogP contribution is 2.35. The summed E-state index contributed by atoms with van der Waals surface area (Å²) in [7, 11) is 0. The van der Waals surface area contributed by atoms with Gasteiger partial charge < -0.3 is 10.6 Å². The van der Waals surface area contributed by atoms with Crippen LogP contribution < -0.4 is 10.6 Å². The van der Waals surface area contributed by atoms with Crippen LogP contribution in [0.15, 0.2) is 12.1 Å². The molecular formula is C14H18ClN3O3. The highest BCUT2D eigenvalue weighted by atomic mass is 35.5. The molecule has 0 aliphatic carbocycles. The van der Waals surface area contributed by atoms with Crippen molar-refractivity contribution in [1.29, 1.82) is 0 Å². The molecule has 1 heterocycles. The van der Waals surface area contributed by atoms with Gasteiger partial charge in [0.1, 0.15) is 0 Å². The van der Waals surface area contributed by atoms with E-state index in [2.05, 4.69) is 4.90 Å². The molecule has 7 heteroatoms. The van der Waals surface area contributed by atoms with Crippen molar-refractivity contribution >= 4 is 28.9 Å². The van der Waals surface area contributed by atoms with Crippen molar-refractivity contribution in [3.8, 4) is 0 Å². The predicted octanol–water partition coefficient (Wildman–Crippen LogP) is 2.65. The summed E-state index contributed by atoms with van der Waals surface area (Å²) in [5, 5.41) is 11.3. The van der Waals surface area contributed by atoms with E-state index in [9.17, 15) is 14.9 Å². The first-order valence-corrected chi connectivity index (χ1v) is 7.24. The number of carbonyl (C=O) groups excluding carboxylic acids is 1. The van der Waals surface area contributed by atoms with Gasteiger partial charge in [0.2, 0.25) is 5.91 Å². The summed E-state index contributed by atoms with van der Waals surface area (Å²) in [4.78, 5) is 23.5. The minimum Gasteiger partial charge on any atom is -0.370 e. The Morgan fingerprint density at radius 3 is 2.62 bits per heavy atom. The summed E-state index contributed by atoms with van der Waals surface area (Å²) >= 11 is 6.18. The Morgan fingerprint density at radius 2 is 2.10 bits per heavy atom. The Labute approximate surface area is 128 Å². The number of benzene rings is 1. The van der Waals surface area contributed by atoms with E-state index in [1.165, 1.54) is 6.07 Å². The van der Waals surface area contributed by atoms with Gasteiger partial charge in [0.05, 0.1) is 15.6 Å². The molecule has 1 amide bonds. The number of piperidine rings is 1. The largest absolute Gasteiger partial charge is 0.370 e. The number of nitrogens with zero attached hydrogens (tertiary/aromatic N) is 2. The lowest BCUT2D eigenvalue weighted by molar-refractivity contribution is -0.385. The second kappa shape index (κ2) is 6.30. The van der Waals surface area contributed by atoms with Crippen LogP contribution in [0.1, 0.15) is 24.8 Å². The fraction of sp³-hybridized carbons (Fsp3) is 0.500. The van der Waals surface area contributed by atoms with Gasteiger partial charge in [-0.2, -0.15) is 0 Å². The molecule has 1 aliphatic heterocycles. The molecular weight excluding hydrogens is 294 g/mol. The van der Waals surface area contributed by atoms with E-state index in [0.29, 0.717) is 22.9 Å². The Bertz CT molecular complexity index is 569. The normalized spacial score (nSPS) is 16.0.